The van der Waals surface area contributed by atoms with Gasteiger partial charge in [0.2, 0.25) is 0 Å². The number of benzene rings is 4. The van der Waals surface area contributed by atoms with Crippen LogP contribution in [0.25, 0.3) is 27.4 Å². The fraction of sp³-hybridized carbons (Fsp3) is 0.167. The molecule has 5 aromatic rings. The van der Waals surface area contributed by atoms with E-state index in [1.54, 1.807) is 22.6 Å². The summed E-state index contributed by atoms with van der Waals surface area (Å²) in [6.07, 6.45) is 0.604. The van der Waals surface area contributed by atoms with E-state index in [0.717, 1.165) is 22.0 Å². The molecule has 1 heterocycles. The van der Waals surface area contributed by atoms with Crippen molar-refractivity contribution >= 4 is 27.6 Å². The van der Waals surface area contributed by atoms with Crippen LogP contribution in [0.1, 0.15) is 41.1 Å². The van der Waals surface area contributed by atoms with Gasteiger partial charge in [0.1, 0.15) is 5.82 Å². The number of fused-ring (bicyclic) bond motifs is 2. The first kappa shape index (κ1) is 22.5. The lowest BCUT2D eigenvalue weighted by Crippen LogP contribution is -2.36. The summed E-state index contributed by atoms with van der Waals surface area (Å²) in [5.74, 6) is 0.444. The molecule has 1 aromatic heterocycles. The highest BCUT2D eigenvalue weighted by atomic mass is 16.2. The normalized spacial score (nSPS) is 12.1. The molecule has 0 aliphatic heterocycles. The number of rotatable bonds is 5. The quantitative estimate of drug-likeness (QED) is 0.319. The lowest BCUT2D eigenvalue weighted by molar-refractivity contribution is 0.0717. The summed E-state index contributed by atoms with van der Waals surface area (Å²) < 4.78 is 1.66. The monoisotopic (exact) mass is 461 g/mol. The van der Waals surface area contributed by atoms with Gasteiger partial charge < -0.3 is 4.90 Å². The van der Waals surface area contributed by atoms with Crippen molar-refractivity contribution in [3.63, 3.8) is 0 Å². The first-order valence-corrected chi connectivity index (χ1v) is 11.8. The van der Waals surface area contributed by atoms with Gasteiger partial charge in [0.25, 0.3) is 11.5 Å². The summed E-state index contributed by atoms with van der Waals surface area (Å²) in [4.78, 5) is 34.0. The molecule has 0 aliphatic carbocycles. The first-order valence-electron chi connectivity index (χ1n) is 11.8. The van der Waals surface area contributed by atoms with Crippen molar-refractivity contribution in [1.29, 1.82) is 0 Å². The summed E-state index contributed by atoms with van der Waals surface area (Å²) in [6, 6.07) is 28.5. The molecule has 0 saturated carbocycles. The number of hydrogen-bond acceptors (Lipinski definition) is 3. The van der Waals surface area contributed by atoms with Crippen LogP contribution in [0, 0.1) is 6.92 Å². The van der Waals surface area contributed by atoms with Crippen molar-refractivity contribution in [2.24, 2.45) is 0 Å². The van der Waals surface area contributed by atoms with Gasteiger partial charge in [-0.1, -0.05) is 61.5 Å². The van der Waals surface area contributed by atoms with E-state index in [0.29, 0.717) is 28.7 Å². The molecule has 1 amide bonds. The second-order valence-electron chi connectivity index (χ2n) is 8.87. The maximum absolute atomic E-state index is 13.7. The molecule has 1 unspecified atom stereocenters. The highest BCUT2D eigenvalue weighted by molar-refractivity contribution is 5.98. The molecule has 174 valence electrons. The predicted molar refractivity (Wildman–Crippen MR) is 141 cm³/mol. The molecule has 0 spiro atoms. The molecule has 0 bridgehead atoms. The summed E-state index contributed by atoms with van der Waals surface area (Å²) >= 11 is 0. The lowest BCUT2D eigenvalue weighted by atomic mass is 10.0. The van der Waals surface area contributed by atoms with Gasteiger partial charge in [0.05, 0.1) is 22.6 Å². The Morgan fingerprint density at radius 1 is 0.914 bits per heavy atom. The van der Waals surface area contributed by atoms with Crippen LogP contribution in [0.4, 0.5) is 0 Å². The highest BCUT2D eigenvalue weighted by Crippen LogP contribution is 2.27. The van der Waals surface area contributed by atoms with Gasteiger partial charge in [0, 0.05) is 12.6 Å². The molecule has 5 rings (SSSR count). The zero-order valence-electron chi connectivity index (χ0n) is 20.1. The summed E-state index contributed by atoms with van der Waals surface area (Å²) in [7, 11) is 1.79. The standard InChI is InChI=1S/C30H27N3O2/c1-4-27(32(3)29(34)23-17-16-21-11-5-6-12-22(21)19-23)28-31-26-15-8-7-14-25(26)30(35)33(28)24-13-9-10-20(2)18-24/h5-19,27H,4H2,1-3H3. The van der Waals surface area contributed by atoms with Gasteiger partial charge in [-0.2, -0.15) is 0 Å². The Balaban J connectivity index is 1.66. The number of hydrogen-bond donors (Lipinski definition) is 0. The van der Waals surface area contributed by atoms with Crippen LogP contribution in [-0.4, -0.2) is 27.4 Å². The molecule has 0 fully saturated rings. The number of carbonyl (C=O) groups is 1. The smallest absolute Gasteiger partial charge is 0.266 e. The fourth-order valence-electron chi connectivity index (χ4n) is 4.69. The van der Waals surface area contributed by atoms with Crippen LogP contribution in [0.15, 0.2) is 95.8 Å². The molecule has 5 heteroatoms. The van der Waals surface area contributed by atoms with Crippen molar-refractivity contribution in [3.8, 4) is 5.69 Å². The van der Waals surface area contributed by atoms with Crippen LogP contribution < -0.4 is 5.56 Å². The van der Waals surface area contributed by atoms with E-state index >= 15 is 0 Å². The second-order valence-corrected chi connectivity index (χ2v) is 8.87. The van der Waals surface area contributed by atoms with E-state index in [1.807, 2.05) is 98.8 Å². The van der Waals surface area contributed by atoms with E-state index in [2.05, 4.69) is 0 Å². The topological polar surface area (TPSA) is 55.2 Å². The third-order valence-corrected chi connectivity index (χ3v) is 6.53. The Kier molecular flexibility index (Phi) is 5.91. The van der Waals surface area contributed by atoms with Crippen molar-refractivity contribution in [1.82, 2.24) is 14.5 Å². The summed E-state index contributed by atoms with van der Waals surface area (Å²) in [5.41, 5.74) is 2.88. The Bertz CT molecular complexity index is 1620. The molecule has 1 atom stereocenters. The number of nitrogens with zero attached hydrogens (tertiary/aromatic N) is 3. The molecule has 0 aliphatic rings. The predicted octanol–water partition coefficient (Wildman–Crippen LogP) is 6.07. The van der Waals surface area contributed by atoms with Gasteiger partial charge in [0.15, 0.2) is 0 Å². The lowest BCUT2D eigenvalue weighted by Gasteiger charge is -2.29. The Hall–Kier alpha value is -4.25. The van der Waals surface area contributed by atoms with Crippen LogP contribution in [-0.2, 0) is 0 Å². The third-order valence-electron chi connectivity index (χ3n) is 6.53. The number of aromatic nitrogens is 2. The number of carbonyl (C=O) groups excluding carboxylic acids is 1. The second kappa shape index (κ2) is 9.18. The van der Waals surface area contributed by atoms with E-state index in [-0.39, 0.29) is 11.5 Å². The molecule has 0 radical (unpaired) electrons. The zero-order valence-corrected chi connectivity index (χ0v) is 20.1. The summed E-state index contributed by atoms with van der Waals surface area (Å²) in [5, 5.41) is 2.65. The minimum absolute atomic E-state index is 0.110. The number of para-hydroxylation sites is 1. The van der Waals surface area contributed by atoms with E-state index in [4.69, 9.17) is 4.98 Å². The first-order chi connectivity index (χ1) is 17.0. The van der Waals surface area contributed by atoms with Crippen LogP contribution in [0.2, 0.25) is 0 Å². The van der Waals surface area contributed by atoms with Gasteiger partial charge in [-0.05, 0) is 66.1 Å². The van der Waals surface area contributed by atoms with Crippen LogP contribution in [0.3, 0.4) is 0 Å². The Morgan fingerprint density at radius 2 is 1.66 bits per heavy atom. The Morgan fingerprint density at radius 3 is 2.43 bits per heavy atom. The van der Waals surface area contributed by atoms with Crippen molar-refractivity contribution in [2.75, 3.05) is 7.05 Å². The maximum atomic E-state index is 13.7. The zero-order chi connectivity index (χ0) is 24.5. The average molecular weight is 462 g/mol. The van der Waals surface area contributed by atoms with E-state index in [9.17, 15) is 9.59 Å². The molecule has 4 aromatic carbocycles. The number of aryl methyl sites for hydroxylation is 1. The SMILES string of the molecule is CCC(c1nc2ccccc2c(=O)n1-c1cccc(C)c1)N(C)C(=O)c1ccc2ccccc2c1. The molecular formula is C30H27N3O2. The molecule has 5 nitrogen and oxygen atoms in total. The summed E-state index contributed by atoms with van der Waals surface area (Å²) in [6.45, 7) is 4.01. The van der Waals surface area contributed by atoms with Crippen molar-refractivity contribution in [2.45, 2.75) is 26.3 Å². The van der Waals surface area contributed by atoms with Crippen LogP contribution in [0.5, 0.6) is 0 Å². The maximum Gasteiger partial charge on any atom is 0.266 e. The van der Waals surface area contributed by atoms with E-state index < -0.39 is 6.04 Å². The molecule has 0 saturated heterocycles. The van der Waals surface area contributed by atoms with E-state index in [1.165, 1.54) is 0 Å². The molecule has 35 heavy (non-hydrogen) atoms. The molecular weight excluding hydrogens is 434 g/mol. The third kappa shape index (κ3) is 4.10. The number of amides is 1. The fourth-order valence-corrected chi connectivity index (χ4v) is 4.69. The molecule has 0 N–H and O–H groups in total. The van der Waals surface area contributed by atoms with Crippen molar-refractivity contribution in [3.05, 3.63) is 118 Å². The highest BCUT2D eigenvalue weighted by Gasteiger charge is 2.27. The van der Waals surface area contributed by atoms with Gasteiger partial charge in [-0.25, -0.2) is 4.98 Å². The van der Waals surface area contributed by atoms with Crippen molar-refractivity contribution < 1.29 is 4.79 Å². The minimum atomic E-state index is -0.396. The average Bonchev–Trinajstić information content (AvgIpc) is 2.88. The van der Waals surface area contributed by atoms with Gasteiger partial charge in [-0.15, -0.1) is 0 Å². The van der Waals surface area contributed by atoms with Gasteiger partial charge >= 0.3 is 0 Å². The van der Waals surface area contributed by atoms with Crippen LogP contribution >= 0.6 is 0 Å². The largest absolute Gasteiger partial charge is 0.332 e. The van der Waals surface area contributed by atoms with Gasteiger partial charge in [-0.3, -0.25) is 14.2 Å². The minimum Gasteiger partial charge on any atom is -0.332 e. The Labute approximate surface area is 204 Å².